The Labute approximate surface area is 72.6 Å². The Morgan fingerprint density at radius 1 is 1.38 bits per heavy atom. The van der Waals surface area contributed by atoms with Crippen LogP contribution in [0.15, 0.2) is 6.33 Å². The molecule has 2 heterocycles. The first-order valence-corrected chi connectivity index (χ1v) is 3.65. The van der Waals surface area contributed by atoms with Crippen LogP contribution < -0.4 is 5.32 Å². The number of nitrogens with one attached hydrogen (secondary N) is 1. The van der Waals surface area contributed by atoms with Crippen LogP contribution in [0, 0.1) is 0 Å². The van der Waals surface area contributed by atoms with Crippen LogP contribution in [-0.2, 0) is 0 Å². The Morgan fingerprint density at radius 3 is 3.15 bits per heavy atom. The average molecular weight is 181 g/mol. The van der Waals surface area contributed by atoms with Crippen LogP contribution in [0.4, 0.5) is 5.95 Å². The van der Waals surface area contributed by atoms with E-state index in [9.17, 15) is 0 Å². The van der Waals surface area contributed by atoms with Crippen molar-refractivity contribution in [3.8, 4) is 0 Å². The molecule has 2 rings (SSSR count). The molecule has 0 radical (unpaired) electrons. The lowest BCUT2D eigenvalue weighted by molar-refractivity contribution is 0.310. The summed E-state index contributed by atoms with van der Waals surface area (Å²) in [4.78, 5) is 0. The highest BCUT2D eigenvalue weighted by molar-refractivity contribution is 5.26. The molecule has 0 aliphatic heterocycles. The molecule has 0 spiro atoms. The first-order valence-electron chi connectivity index (χ1n) is 3.65. The smallest absolute Gasteiger partial charge is 0.290 e. The predicted octanol–water partition coefficient (Wildman–Crippen LogP) is -1.68. The summed E-state index contributed by atoms with van der Waals surface area (Å²) in [6, 6.07) is 0. The van der Waals surface area contributed by atoms with E-state index < -0.39 is 0 Å². The van der Waals surface area contributed by atoms with E-state index in [4.69, 9.17) is 5.11 Å². The molecule has 2 N–H and O–H groups in total. The minimum Gasteiger partial charge on any atom is -0.395 e. The van der Waals surface area contributed by atoms with E-state index in [0.717, 1.165) is 0 Å². The van der Waals surface area contributed by atoms with Crippen LogP contribution in [0.25, 0.3) is 5.78 Å². The van der Waals surface area contributed by atoms with Gasteiger partial charge in [-0.3, -0.25) is 0 Å². The molecule has 0 saturated heterocycles. The van der Waals surface area contributed by atoms with Gasteiger partial charge in [-0.25, -0.2) is 0 Å². The summed E-state index contributed by atoms with van der Waals surface area (Å²) in [6.07, 6.45) is 1.42. The lowest BCUT2D eigenvalue weighted by Gasteiger charge is -1.99. The van der Waals surface area contributed by atoms with Crippen LogP contribution in [0.3, 0.4) is 0 Å². The van der Waals surface area contributed by atoms with Gasteiger partial charge in [-0.2, -0.15) is 4.52 Å². The van der Waals surface area contributed by atoms with Gasteiger partial charge >= 0.3 is 0 Å². The van der Waals surface area contributed by atoms with Gasteiger partial charge in [0.05, 0.1) is 6.61 Å². The van der Waals surface area contributed by atoms with Gasteiger partial charge in [-0.05, 0) is 0 Å². The molecule has 0 amide bonds. The Kier molecular flexibility index (Phi) is 1.96. The van der Waals surface area contributed by atoms with Gasteiger partial charge in [0, 0.05) is 6.54 Å². The summed E-state index contributed by atoms with van der Waals surface area (Å²) >= 11 is 0. The minimum atomic E-state index is 0.0174. The normalized spacial score (nSPS) is 10.5. The molecule has 0 bridgehead atoms. The SMILES string of the molecule is OCCNc1nnc2nncn2n1. The van der Waals surface area contributed by atoms with E-state index in [1.165, 1.54) is 10.8 Å². The number of aliphatic hydroxyl groups excluding tert-OH is 1. The fourth-order valence-electron chi connectivity index (χ4n) is 0.813. The van der Waals surface area contributed by atoms with Gasteiger partial charge < -0.3 is 10.4 Å². The van der Waals surface area contributed by atoms with Crippen molar-refractivity contribution in [2.24, 2.45) is 0 Å². The second-order valence-electron chi connectivity index (χ2n) is 2.25. The summed E-state index contributed by atoms with van der Waals surface area (Å²) < 4.78 is 1.40. The van der Waals surface area contributed by atoms with Crippen LogP contribution in [0.5, 0.6) is 0 Å². The molecular formula is C5H7N7O. The third-order valence-corrected chi connectivity index (χ3v) is 1.34. The van der Waals surface area contributed by atoms with Gasteiger partial charge in [0.1, 0.15) is 6.33 Å². The van der Waals surface area contributed by atoms with Crippen molar-refractivity contribution in [1.82, 2.24) is 30.0 Å². The molecule has 0 aliphatic carbocycles. The van der Waals surface area contributed by atoms with Gasteiger partial charge in [-0.1, -0.05) is 0 Å². The summed E-state index contributed by atoms with van der Waals surface area (Å²) in [6.45, 7) is 0.402. The standard InChI is InChI=1S/C5H7N7O/c13-2-1-6-4-8-10-5-9-7-3-12(5)11-4/h3,13H,1-2H2,(H,6,11). The lowest BCUT2D eigenvalue weighted by Crippen LogP contribution is -2.11. The van der Waals surface area contributed by atoms with Gasteiger partial charge in [0.25, 0.3) is 11.7 Å². The van der Waals surface area contributed by atoms with Gasteiger partial charge in [-0.15, -0.1) is 25.5 Å². The molecule has 0 atom stereocenters. The lowest BCUT2D eigenvalue weighted by atomic mass is 10.7. The van der Waals surface area contributed by atoms with Crippen molar-refractivity contribution in [3.63, 3.8) is 0 Å². The maximum absolute atomic E-state index is 8.53. The summed E-state index contributed by atoms with van der Waals surface area (Å²) in [5.41, 5.74) is 0. The maximum atomic E-state index is 8.53. The number of nitrogens with zero attached hydrogens (tertiary/aromatic N) is 6. The van der Waals surface area contributed by atoms with E-state index in [0.29, 0.717) is 18.3 Å². The van der Waals surface area contributed by atoms with Crippen molar-refractivity contribution in [2.45, 2.75) is 0 Å². The van der Waals surface area contributed by atoms with Crippen molar-refractivity contribution in [2.75, 3.05) is 18.5 Å². The maximum Gasteiger partial charge on any atom is 0.290 e. The van der Waals surface area contributed by atoms with Gasteiger partial charge in [0.15, 0.2) is 0 Å². The molecule has 2 aromatic rings. The highest BCUT2D eigenvalue weighted by Crippen LogP contribution is 1.94. The quantitative estimate of drug-likeness (QED) is 0.583. The molecule has 8 nitrogen and oxygen atoms in total. The van der Waals surface area contributed by atoms with E-state index in [-0.39, 0.29) is 6.61 Å². The molecule has 13 heavy (non-hydrogen) atoms. The fourth-order valence-corrected chi connectivity index (χ4v) is 0.813. The van der Waals surface area contributed by atoms with Crippen LogP contribution in [-0.4, -0.2) is 48.3 Å². The zero-order valence-electron chi connectivity index (χ0n) is 6.62. The van der Waals surface area contributed by atoms with E-state index >= 15 is 0 Å². The van der Waals surface area contributed by atoms with Crippen LogP contribution in [0.2, 0.25) is 0 Å². The summed E-state index contributed by atoms with van der Waals surface area (Å²) in [5.74, 6) is 0.677. The molecule has 2 aromatic heterocycles. The number of fused-ring (bicyclic) bond motifs is 1. The van der Waals surface area contributed by atoms with Crippen molar-refractivity contribution < 1.29 is 5.11 Å². The number of hydrogen-bond acceptors (Lipinski definition) is 7. The zero-order chi connectivity index (χ0) is 9.10. The molecule has 0 aliphatic rings. The molecular weight excluding hydrogens is 174 g/mol. The third-order valence-electron chi connectivity index (χ3n) is 1.34. The molecule has 0 unspecified atom stereocenters. The van der Waals surface area contributed by atoms with E-state index in [1.807, 2.05) is 0 Å². The summed E-state index contributed by atoms with van der Waals surface area (Å²) in [7, 11) is 0. The molecule has 0 saturated carbocycles. The van der Waals surface area contributed by atoms with E-state index in [1.54, 1.807) is 0 Å². The largest absolute Gasteiger partial charge is 0.395 e. The van der Waals surface area contributed by atoms with Crippen LogP contribution >= 0.6 is 0 Å². The van der Waals surface area contributed by atoms with Crippen molar-refractivity contribution in [1.29, 1.82) is 0 Å². The Bertz CT molecular complexity index is 398. The highest BCUT2D eigenvalue weighted by Gasteiger charge is 2.00. The fraction of sp³-hybridized carbons (Fsp3) is 0.400. The number of rotatable bonds is 3. The number of hydrogen-bond donors (Lipinski definition) is 2. The number of aliphatic hydroxyl groups is 1. The monoisotopic (exact) mass is 181 g/mol. The molecule has 0 aromatic carbocycles. The van der Waals surface area contributed by atoms with E-state index in [2.05, 4.69) is 30.8 Å². The molecule has 68 valence electrons. The van der Waals surface area contributed by atoms with Crippen LogP contribution in [0.1, 0.15) is 0 Å². The highest BCUT2D eigenvalue weighted by atomic mass is 16.3. The van der Waals surface area contributed by atoms with Crippen molar-refractivity contribution in [3.05, 3.63) is 6.33 Å². The van der Waals surface area contributed by atoms with Gasteiger partial charge in [0.2, 0.25) is 0 Å². The Balaban J connectivity index is 2.26. The Hall–Kier alpha value is -1.83. The molecule has 0 fully saturated rings. The minimum absolute atomic E-state index is 0.0174. The topological polar surface area (TPSA) is 101 Å². The third kappa shape index (κ3) is 1.51. The first-order chi connectivity index (χ1) is 6.40. The molecule has 8 heteroatoms. The first kappa shape index (κ1) is 7.80. The second-order valence-corrected chi connectivity index (χ2v) is 2.25. The predicted molar refractivity (Wildman–Crippen MR) is 41.9 cm³/mol. The second kappa shape index (κ2) is 3.27. The van der Waals surface area contributed by atoms with Crippen molar-refractivity contribution >= 4 is 11.7 Å². The summed E-state index contributed by atoms with van der Waals surface area (Å²) in [5, 5.41) is 29.9. The Morgan fingerprint density at radius 2 is 2.31 bits per heavy atom. The number of anilines is 1. The zero-order valence-corrected chi connectivity index (χ0v) is 6.62. The number of aromatic nitrogens is 6. The average Bonchev–Trinajstić information content (AvgIpc) is 2.61.